The number of Topliss-reactive ketones (excluding diaryl/α,β-unsaturated/α-hetero) is 1. The van der Waals surface area contributed by atoms with E-state index in [1.807, 2.05) is 0 Å². The topological polar surface area (TPSA) is 20.3 Å². The molecule has 1 aromatic rings. The summed E-state index contributed by atoms with van der Waals surface area (Å²) >= 11 is 0. The zero-order valence-electron chi connectivity index (χ0n) is 13.2. The van der Waals surface area contributed by atoms with Crippen LogP contribution in [0.2, 0.25) is 0 Å². The first kappa shape index (κ1) is 16.5. The molecule has 0 unspecified atom stereocenters. The van der Waals surface area contributed by atoms with Crippen molar-refractivity contribution in [2.24, 2.45) is 5.41 Å². The number of nitrogens with zero attached hydrogens (tertiary/aromatic N) is 1. The van der Waals surface area contributed by atoms with Crippen molar-refractivity contribution in [2.45, 2.75) is 51.2 Å². The molecule has 126 valence electrons. The average molecular weight is 325 g/mol. The molecule has 1 aliphatic heterocycles. The number of piperidine rings is 1. The van der Waals surface area contributed by atoms with Crippen LogP contribution in [-0.4, -0.2) is 23.8 Å². The standard InChI is InChI=1S/C18H22F3NO/c19-18(20,21)15-6-4-14(5-7-15)12-22-11-8-16(23)17(13-22)9-2-1-3-10-17/h4-7H,1-3,8-13H2. The van der Waals surface area contributed by atoms with Crippen molar-refractivity contribution >= 4 is 5.78 Å². The van der Waals surface area contributed by atoms with Gasteiger partial charge in [-0.1, -0.05) is 31.4 Å². The highest BCUT2D eigenvalue weighted by molar-refractivity contribution is 5.86. The minimum atomic E-state index is -4.29. The van der Waals surface area contributed by atoms with Crippen LogP contribution in [0, 0.1) is 5.41 Å². The highest BCUT2D eigenvalue weighted by Gasteiger charge is 2.42. The lowest BCUT2D eigenvalue weighted by atomic mass is 9.68. The summed E-state index contributed by atoms with van der Waals surface area (Å²) < 4.78 is 37.8. The van der Waals surface area contributed by atoms with Gasteiger partial charge in [-0.25, -0.2) is 0 Å². The first-order valence-electron chi connectivity index (χ1n) is 8.31. The third kappa shape index (κ3) is 3.60. The highest BCUT2D eigenvalue weighted by atomic mass is 19.4. The number of likely N-dealkylation sites (tertiary alicyclic amines) is 1. The Morgan fingerprint density at radius 1 is 1.04 bits per heavy atom. The third-order valence-corrected chi connectivity index (χ3v) is 5.27. The molecule has 0 bridgehead atoms. The normalized spacial score (nSPS) is 22.5. The van der Waals surface area contributed by atoms with Gasteiger partial charge >= 0.3 is 6.18 Å². The highest BCUT2D eigenvalue weighted by Crippen LogP contribution is 2.41. The zero-order chi connectivity index (χ0) is 16.5. The third-order valence-electron chi connectivity index (χ3n) is 5.27. The SMILES string of the molecule is O=C1CCN(Cc2ccc(C(F)(F)F)cc2)CC12CCCCC2. The van der Waals surface area contributed by atoms with Crippen molar-refractivity contribution in [2.75, 3.05) is 13.1 Å². The Morgan fingerprint density at radius 3 is 2.30 bits per heavy atom. The molecule has 3 rings (SSSR count). The Morgan fingerprint density at radius 2 is 1.70 bits per heavy atom. The maximum absolute atomic E-state index is 12.6. The van der Waals surface area contributed by atoms with E-state index in [1.165, 1.54) is 6.42 Å². The van der Waals surface area contributed by atoms with Gasteiger partial charge in [0.1, 0.15) is 5.78 Å². The van der Waals surface area contributed by atoms with E-state index in [-0.39, 0.29) is 5.41 Å². The summed E-state index contributed by atoms with van der Waals surface area (Å²) in [6, 6.07) is 5.38. The molecule has 0 radical (unpaired) electrons. The van der Waals surface area contributed by atoms with Gasteiger partial charge in [-0.15, -0.1) is 0 Å². The minimum absolute atomic E-state index is 0.192. The largest absolute Gasteiger partial charge is 0.416 e. The van der Waals surface area contributed by atoms with Crippen LogP contribution < -0.4 is 0 Å². The van der Waals surface area contributed by atoms with Crippen molar-refractivity contribution in [1.29, 1.82) is 0 Å². The molecule has 2 fully saturated rings. The molecule has 1 aromatic carbocycles. The molecule has 2 nitrogen and oxygen atoms in total. The summed E-state index contributed by atoms with van der Waals surface area (Å²) in [5.41, 5.74) is 0.0692. The number of rotatable bonds is 2. The predicted octanol–water partition coefficient (Wildman–Crippen LogP) is 4.43. The fourth-order valence-electron chi connectivity index (χ4n) is 3.98. The smallest absolute Gasteiger partial charge is 0.299 e. The summed E-state index contributed by atoms with van der Waals surface area (Å²) in [5, 5.41) is 0. The number of ketones is 1. The average Bonchev–Trinajstić information content (AvgIpc) is 2.52. The molecule has 1 heterocycles. The predicted molar refractivity (Wildman–Crippen MR) is 81.9 cm³/mol. The maximum atomic E-state index is 12.6. The molecular formula is C18H22F3NO. The molecule has 23 heavy (non-hydrogen) atoms. The fraction of sp³-hybridized carbons (Fsp3) is 0.611. The van der Waals surface area contributed by atoms with E-state index < -0.39 is 11.7 Å². The molecule has 0 N–H and O–H groups in total. The molecule has 0 amide bonds. The molecule has 2 aliphatic rings. The summed E-state index contributed by atoms with van der Waals surface area (Å²) in [5.74, 6) is 0.390. The van der Waals surface area contributed by atoms with E-state index in [0.717, 1.165) is 49.9 Å². The Balaban J connectivity index is 1.67. The Bertz CT molecular complexity index is 559. The van der Waals surface area contributed by atoms with Crippen molar-refractivity contribution in [3.63, 3.8) is 0 Å². The van der Waals surface area contributed by atoms with Crippen LogP contribution in [0.5, 0.6) is 0 Å². The Hall–Kier alpha value is -1.36. The molecule has 1 saturated carbocycles. The van der Waals surface area contributed by atoms with Gasteiger partial charge in [0.15, 0.2) is 0 Å². The second-order valence-electron chi connectivity index (χ2n) is 6.92. The van der Waals surface area contributed by atoms with Crippen molar-refractivity contribution in [3.05, 3.63) is 35.4 Å². The van der Waals surface area contributed by atoms with Crippen molar-refractivity contribution in [3.8, 4) is 0 Å². The number of hydrogen-bond donors (Lipinski definition) is 0. The lowest BCUT2D eigenvalue weighted by Gasteiger charge is -2.44. The van der Waals surface area contributed by atoms with E-state index in [4.69, 9.17) is 0 Å². The van der Waals surface area contributed by atoms with Gasteiger partial charge < -0.3 is 0 Å². The van der Waals surface area contributed by atoms with Gasteiger partial charge in [-0.2, -0.15) is 13.2 Å². The van der Waals surface area contributed by atoms with Crippen LogP contribution in [0.25, 0.3) is 0 Å². The molecule has 0 aromatic heterocycles. The number of carbonyl (C=O) groups excluding carboxylic acids is 1. The van der Waals surface area contributed by atoms with E-state index in [9.17, 15) is 18.0 Å². The van der Waals surface area contributed by atoms with Crippen LogP contribution in [0.15, 0.2) is 24.3 Å². The van der Waals surface area contributed by atoms with Crippen LogP contribution in [0.3, 0.4) is 0 Å². The lowest BCUT2D eigenvalue weighted by Crippen LogP contribution is -2.49. The molecule has 1 spiro atoms. The monoisotopic (exact) mass is 325 g/mol. The minimum Gasteiger partial charge on any atom is -0.299 e. The lowest BCUT2D eigenvalue weighted by molar-refractivity contribution is -0.138. The van der Waals surface area contributed by atoms with Gasteiger partial charge in [-0.05, 0) is 30.5 Å². The van der Waals surface area contributed by atoms with Gasteiger partial charge in [-0.3, -0.25) is 9.69 Å². The van der Waals surface area contributed by atoms with Crippen LogP contribution in [0.1, 0.15) is 49.7 Å². The second-order valence-corrected chi connectivity index (χ2v) is 6.92. The van der Waals surface area contributed by atoms with Gasteiger partial charge in [0.05, 0.1) is 5.56 Å². The van der Waals surface area contributed by atoms with Crippen molar-refractivity contribution in [1.82, 2.24) is 4.90 Å². The summed E-state index contributed by atoms with van der Waals surface area (Å²) in [4.78, 5) is 14.6. The zero-order valence-corrected chi connectivity index (χ0v) is 13.2. The number of hydrogen-bond acceptors (Lipinski definition) is 2. The Labute approximate surface area is 134 Å². The number of carbonyl (C=O) groups is 1. The molecule has 1 saturated heterocycles. The Kier molecular flexibility index (Phi) is 4.50. The van der Waals surface area contributed by atoms with E-state index in [1.54, 1.807) is 12.1 Å². The second kappa shape index (κ2) is 6.27. The molecule has 1 aliphatic carbocycles. The van der Waals surface area contributed by atoms with Gasteiger partial charge in [0.2, 0.25) is 0 Å². The fourth-order valence-corrected chi connectivity index (χ4v) is 3.98. The number of benzene rings is 1. The molecule has 0 atom stereocenters. The van der Waals surface area contributed by atoms with Crippen molar-refractivity contribution < 1.29 is 18.0 Å². The number of alkyl halides is 3. The van der Waals surface area contributed by atoms with Crippen LogP contribution in [0.4, 0.5) is 13.2 Å². The van der Waals surface area contributed by atoms with Gasteiger partial charge in [0, 0.05) is 31.5 Å². The number of halogens is 3. The van der Waals surface area contributed by atoms with Crippen LogP contribution >= 0.6 is 0 Å². The first-order chi connectivity index (χ1) is 10.9. The quantitative estimate of drug-likeness (QED) is 0.802. The molecular weight excluding hydrogens is 303 g/mol. The molecule has 5 heteroatoms. The van der Waals surface area contributed by atoms with E-state index >= 15 is 0 Å². The van der Waals surface area contributed by atoms with Crippen LogP contribution in [-0.2, 0) is 17.5 Å². The van der Waals surface area contributed by atoms with E-state index in [2.05, 4.69) is 4.90 Å². The van der Waals surface area contributed by atoms with Gasteiger partial charge in [0.25, 0.3) is 0 Å². The van der Waals surface area contributed by atoms with E-state index in [0.29, 0.717) is 25.3 Å². The first-order valence-corrected chi connectivity index (χ1v) is 8.31. The summed E-state index contributed by atoms with van der Waals surface area (Å²) in [7, 11) is 0. The summed E-state index contributed by atoms with van der Waals surface area (Å²) in [6.45, 7) is 2.08. The maximum Gasteiger partial charge on any atom is 0.416 e. The summed E-state index contributed by atoms with van der Waals surface area (Å²) in [6.07, 6.45) is 1.64.